The number of alkyl halides is 3. The third-order valence-electron chi connectivity index (χ3n) is 2.19. The SMILES string of the molecule is O=C(O)c1ccc2c(C(F)(F)F)nc(Cl)nc2c1. The minimum Gasteiger partial charge on any atom is -0.478 e. The minimum absolute atomic E-state index is 0.165. The molecule has 4 nitrogen and oxygen atoms in total. The van der Waals surface area contributed by atoms with Crippen molar-refractivity contribution in [2.24, 2.45) is 0 Å². The summed E-state index contributed by atoms with van der Waals surface area (Å²) in [7, 11) is 0. The van der Waals surface area contributed by atoms with Crippen molar-refractivity contribution in [2.75, 3.05) is 0 Å². The Morgan fingerprint density at radius 1 is 1.28 bits per heavy atom. The fourth-order valence-corrected chi connectivity index (χ4v) is 1.63. The number of rotatable bonds is 1. The summed E-state index contributed by atoms with van der Waals surface area (Å²) in [6.07, 6.45) is -4.68. The number of benzene rings is 1. The highest BCUT2D eigenvalue weighted by Gasteiger charge is 2.35. The molecule has 0 bridgehead atoms. The molecule has 18 heavy (non-hydrogen) atoms. The van der Waals surface area contributed by atoms with E-state index in [1.54, 1.807) is 0 Å². The van der Waals surface area contributed by atoms with Crippen molar-refractivity contribution >= 4 is 28.5 Å². The number of hydrogen-bond acceptors (Lipinski definition) is 3. The molecular formula is C10H4ClF3N2O2. The molecule has 8 heteroatoms. The van der Waals surface area contributed by atoms with Gasteiger partial charge in [0.2, 0.25) is 5.28 Å². The molecule has 0 spiro atoms. The van der Waals surface area contributed by atoms with Crippen molar-refractivity contribution in [1.82, 2.24) is 9.97 Å². The zero-order valence-electron chi connectivity index (χ0n) is 8.49. The second kappa shape index (κ2) is 4.09. The molecule has 0 aliphatic carbocycles. The molecule has 0 unspecified atom stereocenters. The van der Waals surface area contributed by atoms with Gasteiger partial charge in [-0.3, -0.25) is 0 Å². The Morgan fingerprint density at radius 2 is 1.94 bits per heavy atom. The molecule has 2 rings (SSSR count). The molecule has 0 aliphatic rings. The molecule has 0 saturated carbocycles. The summed E-state index contributed by atoms with van der Waals surface area (Å²) in [4.78, 5) is 17.4. The number of aromatic nitrogens is 2. The molecule has 1 heterocycles. The van der Waals surface area contributed by atoms with Crippen molar-refractivity contribution in [3.05, 3.63) is 34.7 Å². The first kappa shape index (κ1) is 12.6. The van der Waals surface area contributed by atoms with Crippen LogP contribution in [-0.2, 0) is 6.18 Å². The number of nitrogens with zero attached hydrogens (tertiary/aromatic N) is 2. The van der Waals surface area contributed by atoms with Gasteiger partial charge in [0.25, 0.3) is 0 Å². The summed E-state index contributed by atoms with van der Waals surface area (Å²) in [5, 5.41) is 7.86. The number of carboxylic acid groups (broad SMARTS) is 1. The smallest absolute Gasteiger partial charge is 0.434 e. The van der Waals surface area contributed by atoms with E-state index in [-0.39, 0.29) is 16.5 Å². The molecule has 0 amide bonds. The van der Waals surface area contributed by atoms with Gasteiger partial charge in [0.15, 0.2) is 5.69 Å². The standard InChI is InChI=1S/C10H4ClF3N2O2/c11-9-15-6-3-4(8(17)18)1-2-5(6)7(16-9)10(12,13)14/h1-3H,(H,17,18). The van der Waals surface area contributed by atoms with Crippen LogP contribution in [0.5, 0.6) is 0 Å². The highest BCUT2D eigenvalue weighted by molar-refractivity contribution is 6.28. The third kappa shape index (κ3) is 2.21. The predicted octanol–water partition coefficient (Wildman–Crippen LogP) is 3.00. The molecule has 1 aromatic heterocycles. The van der Waals surface area contributed by atoms with Crippen LogP contribution in [0.2, 0.25) is 5.28 Å². The van der Waals surface area contributed by atoms with Crippen molar-refractivity contribution < 1.29 is 23.1 Å². The number of carboxylic acids is 1. The van der Waals surface area contributed by atoms with Gasteiger partial charge in [-0.15, -0.1) is 0 Å². The summed E-state index contributed by atoms with van der Waals surface area (Å²) >= 11 is 5.39. The number of hydrogen-bond donors (Lipinski definition) is 1. The number of aromatic carboxylic acids is 1. The van der Waals surface area contributed by atoms with Crippen molar-refractivity contribution in [2.45, 2.75) is 6.18 Å². The normalized spacial score (nSPS) is 11.8. The Balaban J connectivity index is 2.79. The third-order valence-corrected chi connectivity index (χ3v) is 2.35. The zero-order valence-corrected chi connectivity index (χ0v) is 9.25. The Kier molecular flexibility index (Phi) is 2.86. The van der Waals surface area contributed by atoms with Crippen LogP contribution in [0.1, 0.15) is 16.1 Å². The highest BCUT2D eigenvalue weighted by atomic mass is 35.5. The van der Waals surface area contributed by atoms with E-state index in [1.807, 2.05) is 0 Å². The summed E-state index contributed by atoms with van der Waals surface area (Å²) in [5.74, 6) is -1.26. The summed E-state index contributed by atoms with van der Waals surface area (Å²) in [6.45, 7) is 0. The van der Waals surface area contributed by atoms with E-state index in [0.29, 0.717) is 0 Å². The fourth-order valence-electron chi connectivity index (χ4n) is 1.45. The lowest BCUT2D eigenvalue weighted by molar-refractivity contribution is -0.139. The average Bonchev–Trinajstić information content (AvgIpc) is 2.25. The van der Waals surface area contributed by atoms with Crippen LogP contribution in [0.15, 0.2) is 18.2 Å². The lowest BCUT2D eigenvalue weighted by Crippen LogP contribution is -2.10. The van der Waals surface area contributed by atoms with E-state index in [1.165, 1.54) is 0 Å². The molecule has 1 N–H and O–H groups in total. The molecular weight excluding hydrogens is 273 g/mol. The van der Waals surface area contributed by atoms with E-state index in [0.717, 1.165) is 18.2 Å². The molecule has 0 atom stereocenters. The van der Waals surface area contributed by atoms with Gasteiger partial charge < -0.3 is 5.11 Å². The maximum Gasteiger partial charge on any atom is 0.434 e. The molecule has 0 saturated heterocycles. The second-order valence-electron chi connectivity index (χ2n) is 3.38. The van der Waals surface area contributed by atoms with Gasteiger partial charge in [0, 0.05) is 5.39 Å². The van der Waals surface area contributed by atoms with Crippen LogP contribution in [0.3, 0.4) is 0 Å². The quantitative estimate of drug-likeness (QED) is 0.813. The van der Waals surface area contributed by atoms with E-state index < -0.39 is 23.1 Å². The number of halogens is 4. The van der Waals surface area contributed by atoms with E-state index >= 15 is 0 Å². The minimum atomic E-state index is -4.68. The Labute approximate surface area is 103 Å². The van der Waals surface area contributed by atoms with Crippen LogP contribution in [0, 0.1) is 0 Å². The zero-order chi connectivity index (χ0) is 13.5. The Bertz CT molecular complexity index is 643. The second-order valence-corrected chi connectivity index (χ2v) is 3.71. The first-order valence-electron chi connectivity index (χ1n) is 4.57. The molecule has 94 valence electrons. The topological polar surface area (TPSA) is 63.1 Å². The van der Waals surface area contributed by atoms with E-state index in [4.69, 9.17) is 16.7 Å². The lowest BCUT2D eigenvalue weighted by Gasteiger charge is -2.09. The van der Waals surface area contributed by atoms with Crippen LogP contribution in [0.25, 0.3) is 10.9 Å². The first-order valence-corrected chi connectivity index (χ1v) is 4.94. The van der Waals surface area contributed by atoms with Gasteiger partial charge in [-0.25, -0.2) is 14.8 Å². The molecule has 0 radical (unpaired) electrons. The predicted molar refractivity (Wildman–Crippen MR) is 56.5 cm³/mol. The van der Waals surface area contributed by atoms with Gasteiger partial charge in [0.1, 0.15) is 0 Å². The van der Waals surface area contributed by atoms with Crippen LogP contribution in [0.4, 0.5) is 13.2 Å². The van der Waals surface area contributed by atoms with Gasteiger partial charge in [-0.1, -0.05) is 0 Å². The maximum atomic E-state index is 12.7. The van der Waals surface area contributed by atoms with Crippen molar-refractivity contribution in [3.63, 3.8) is 0 Å². The largest absolute Gasteiger partial charge is 0.478 e. The van der Waals surface area contributed by atoms with Gasteiger partial charge in [-0.2, -0.15) is 13.2 Å². The molecule has 0 aliphatic heterocycles. The maximum absolute atomic E-state index is 12.7. The summed E-state index contributed by atoms with van der Waals surface area (Å²) < 4.78 is 38.1. The van der Waals surface area contributed by atoms with Gasteiger partial charge in [-0.05, 0) is 29.8 Å². The lowest BCUT2D eigenvalue weighted by atomic mass is 10.1. The fraction of sp³-hybridized carbons (Fsp3) is 0.100. The number of carbonyl (C=O) groups is 1. The van der Waals surface area contributed by atoms with Gasteiger partial charge in [0.05, 0.1) is 11.1 Å². The molecule has 1 aromatic carbocycles. The molecule has 2 aromatic rings. The van der Waals surface area contributed by atoms with E-state index in [9.17, 15) is 18.0 Å². The summed E-state index contributed by atoms with van der Waals surface area (Å²) in [5.41, 5.74) is -1.53. The molecule has 0 fully saturated rings. The average molecular weight is 277 g/mol. The van der Waals surface area contributed by atoms with E-state index in [2.05, 4.69) is 9.97 Å². The van der Waals surface area contributed by atoms with Gasteiger partial charge >= 0.3 is 12.1 Å². The van der Waals surface area contributed by atoms with Crippen LogP contribution in [-0.4, -0.2) is 21.0 Å². The Morgan fingerprint density at radius 3 is 2.50 bits per heavy atom. The van der Waals surface area contributed by atoms with Crippen molar-refractivity contribution in [3.8, 4) is 0 Å². The van der Waals surface area contributed by atoms with Crippen LogP contribution < -0.4 is 0 Å². The van der Waals surface area contributed by atoms with Crippen LogP contribution >= 0.6 is 11.6 Å². The number of fused-ring (bicyclic) bond motifs is 1. The van der Waals surface area contributed by atoms with Crippen molar-refractivity contribution in [1.29, 1.82) is 0 Å². The highest BCUT2D eigenvalue weighted by Crippen LogP contribution is 2.33. The summed E-state index contributed by atoms with van der Waals surface area (Å²) in [6, 6.07) is 3.08. The Hall–Kier alpha value is -1.89. The monoisotopic (exact) mass is 276 g/mol. The first-order chi connectivity index (χ1) is 8.29.